The molecule has 27 heavy (non-hydrogen) atoms. The summed E-state index contributed by atoms with van der Waals surface area (Å²) >= 11 is 0. The first kappa shape index (κ1) is 19.3. The number of hydrogen-bond acceptors (Lipinski definition) is 4. The molecule has 1 saturated carbocycles. The fraction of sp³-hybridized carbons (Fsp3) is 0.421. The lowest BCUT2D eigenvalue weighted by Gasteiger charge is -2.27. The Hall–Kier alpha value is -2.48. The molecule has 8 heteroatoms. The Morgan fingerprint density at radius 1 is 1.19 bits per heavy atom. The molecule has 0 spiro atoms. The molecule has 3 rings (SSSR count). The van der Waals surface area contributed by atoms with Gasteiger partial charge >= 0.3 is 0 Å². The van der Waals surface area contributed by atoms with Crippen LogP contribution in [0, 0.1) is 5.82 Å². The van der Waals surface area contributed by atoms with Gasteiger partial charge in [-0.2, -0.15) is 0 Å². The Morgan fingerprint density at radius 3 is 2.48 bits per heavy atom. The standard InChI is InChI=1S/C19H20F3N3O2/c20-14-3-1-12(2-4-14)10-27-11-16-17(18(23)26)24-9-15(25-16)13-5-7-19(21,22)8-6-13/h1-4,9,13H,5-8,10-11H2,(H2,23,26). The first-order valence-corrected chi connectivity index (χ1v) is 8.70. The third kappa shape index (κ3) is 5.03. The molecule has 0 saturated heterocycles. The van der Waals surface area contributed by atoms with E-state index in [0.29, 0.717) is 18.5 Å². The Bertz CT molecular complexity index is 802. The smallest absolute Gasteiger partial charge is 0.269 e. The molecular weight excluding hydrogens is 359 g/mol. The number of ether oxygens (including phenoxy) is 1. The summed E-state index contributed by atoms with van der Waals surface area (Å²) in [4.78, 5) is 20.1. The van der Waals surface area contributed by atoms with Crippen LogP contribution in [0.25, 0.3) is 0 Å². The summed E-state index contributed by atoms with van der Waals surface area (Å²) in [6, 6.07) is 5.84. The first-order valence-electron chi connectivity index (χ1n) is 8.70. The van der Waals surface area contributed by atoms with Crippen molar-refractivity contribution in [3.05, 3.63) is 58.9 Å². The molecule has 0 bridgehead atoms. The SMILES string of the molecule is NC(=O)c1ncc(C2CCC(F)(F)CC2)nc1COCc1ccc(F)cc1. The molecule has 1 aliphatic rings. The minimum Gasteiger partial charge on any atom is -0.370 e. The maximum absolute atomic E-state index is 13.4. The van der Waals surface area contributed by atoms with Gasteiger partial charge in [0.1, 0.15) is 5.82 Å². The van der Waals surface area contributed by atoms with Crippen molar-refractivity contribution in [2.24, 2.45) is 5.73 Å². The van der Waals surface area contributed by atoms with Crippen LogP contribution in [-0.4, -0.2) is 21.8 Å². The summed E-state index contributed by atoms with van der Waals surface area (Å²) in [5, 5.41) is 0. The predicted molar refractivity (Wildman–Crippen MR) is 91.6 cm³/mol. The zero-order chi connectivity index (χ0) is 19.4. The summed E-state index contributed by atoms with van der Waals surface area (Å²) in [6.45, 7) is 0.180. The van der Waals surface area contributed by atoms with E-state index < -0.39 is 11.8 Å². The second-order valence-corrected chi connectivity index (χ2v) is 6.70. The topological polar surface area (TPSA) is 78.1 Å². The van der Waals surface area contributed by atoms with Crippen LogP contribution >= 0.6 is 0 Å². The lowest BCUT2D eigenvalue weighted by molar-refractivity contribution is -0.0385. The highest BCUT2D eigenvalue weighted by molar-refractivity contribution is 5.91. The van der Waals surface area contributed by atoms with Gasteiger partial charge in [0.25, 0.3) is 5.91 Å². The van der Waals surface area contributed by atoms with E-state index in [1.54, 1.807) is 12.1 Å². The van der Waals surface area contributed by atoms with Crippen molar-refractivity contribution >= 4 is 5.91 Å². The summed E-state index contributed by atoms with van der Waals surface area (Å²) < 4.78 is 45.2. The number of amides is 1. The maximum Gasteiger partial charge on any atom is 0.269 e. The molecule has 1 amide bonds. The van der Waals surface area contributed by atoms with Crippen LogP contribution in [-0.2, 0) is 18.0 Å². The largest absolute Gasteiger partial charge is 0.370 e. The molecule has 0 atom stereocenters. The lowest BCUT2D eigenvalue weighted by atomic mass is 9.85. The lowest BCUT2D eigenvalue weighted by Crippen LogP contribution is -2.25. The number of nitrogens with two attached hydrogens (primary N) is 1. The highest BCUT2D eigenvalue weighted by Crippen LogP contribution is 2.40. The van der Waals surface area contributed by atoms with Crippen LogP contribution in [0.1, 0.15) is 59.0 Å². The van der Waals surface area contributed by atoms with E-state index in [1.165, 1.54) is 18.3 Å². The van der Waals surface area contributed by atoms with Crippen molar-refractivity contribution in [3.8, 4) is 0 Å². The molecule has 1 fully saturated rings. The maximum atomic E-state index is 13.4. The summed E-state index contributed by atoms with van der Waals surface area (Å²) in [7, 11) is 0. The fourth-order valence-electron chi connectivity index (χ4n) is 3.13. The van der Waals surface area contributed by atoms with Crippen LogP contribution in [0.4, 0.5) is 13.2 Å². The van der Waals surface area contributed by atoms with Gasteiger partial charge in [0.15, 0.2) is 5.69 Å². The van der Waals surface area contributed by atoms with Gasteiger partial charge < -0.3 is 10.5 Å². The Kier molecular flexibility index (Phi) is 5.74. The number of nitrogens with zero attached hydrogens (tertiary/aromatic N) is 2. The van der Waals surface area contributed by atoms with Crippen molar-refractivity contribution < 1.29 is 22.7 Å². The zero-order valence-corrected chi connectivity index (χ0v) is 14.6. The number of carbonyl (C=O) groups is 1. The Morgan fingerprint density at radius 2 is 1.85 bits per heavy atom. The number of aromatic nitrogens is 2. The summed E-state index contributed by atoms with van der Waals surface area (Å²) in [5.74, 6) is -3.83. The van der Waals surface area contributed by atoms with Crippen LogP contribution in [0.5, 0.6) is 0 Å². The Labute approximate surface area is 154 Å². The van der Waals surface area contributed by atoms with Gasteiger partial charge in [-0.25, -0.2) is 18.2 Å². The van der Waals surface area contributed by atoms with E-state index in [0.717, 1.165) is 5.56 Å². The minimum atomic E-state index is -2.63. The average molecular weight is 379 g/mol. The minimum absolute atomic E-state index is 0.000930. The third-order valence-corrected chi connectivity index (χ3v) is 4.65. The molecule has 1 aliphatic carbocycles. The van der Waals surface area contributed by atoms with Crippen molar-refractivity contribution in [2.45, 2.75) is 50.7 Å². The van der Waals surface area contributed by atoms with E-state index >= 15 is 0 Å². The molecule has 1 aromatic carbocycles. The molecule has 0 unspecified atom stereocenters. The predicted octanol–water partition coefficient (Wildman–Crippen LogP) is 3.72. The number of rotatable bonds is 6. The monoisotopic (exact) mass is 379 g/mol. The number of carbonyl (C=O) groups excluding carboxylic acids is 1. The average Bonchev–Trinajstić information content (AvgIpc) is 2.63. The van der Waals surface area contributed by atoms with Crippen LogP contribution in [0.3, 0.4) is 0 Å². The van der Waals surface area contributed by atoms with Crippen molar-refractivity contribution in [1.82, 2.24) is 9.97 Å². The quantitative estimate of drug-likeness (QED) is 0.830. The molecule has 0 radical (unpaired) electrons. The van der Waals surface area contributed by atoms with E-state index in [-0.39, 0.29) is 49.2 Å². The van der Waals surface area contributed by atoms with Crippen LogP contribution in [0.15, 0.2) is 30.5 Å². The van der Waals surface area contributed by atoms with Crippen LogP contribution < -0.4 is 5.73 Å². The number of halogens is 3. The molecule has 1 heterocycles. The van der Waals surface area contributed by atoms with Gasteiger partial charge in [0, 0.05) is 25.0 Å². The van der Waals surface area contributed by atoms with Gasteiger partial charge in [-0.05, 0) is 30.5 Å². The van der Waals surface area contributed by atoms with Gasteiger partial charge in [-0.15, -0.1) is 0 Å². The fourth-order valence-corrected chi connectivity index (χ4v) is 3.13. The molecule has 1 aromatic heterocycles. The van der Waals surface area contributed by atoms with Gasteiger partial charge in [0.2, 0.25) is 5.92 Å². The van der Waals surface area contributed by atoms with E-state index in [1.807, 2.05) is 0 Å². The second-order valence-electron chi connectivity index (χ2n) is 6.70. The van der Waals surface area contributed by atoms with Crippen molar-refractivity contribution in [1.29, 1.82) is 0 Å². The first-order chi connectivity index (χ1) is 12.8. The molecule has 5 nitrogen and oxygen atoms in total. The van der Waals surface area contributed by atoms with Crippen molar-refractivity contribution in [2.75, 3.05) is 0 Å². The number of benzene rings is 1. The normalized spacial score (nSPS) is 17.0. The Balaban J connectivity index is 1.70. The second kappa shape index (κ2) is 8.04. The summed E-state index contributed by atoms with van der Waals surface area (Å²) in [5.41, 5.74) is 6.94. The molecular formula is C19H20F3N3O2. The molecule has 0 aliphatic heterocycles. The number of primary amides is 1. The van der Waals surface area contributed by atoms with E-state index in [2.05, 4.69) is 9.97 Å². The van der Waals surface area contributed by atoms with E-state index in [4.69, 9.17) is 10.5 Å². The molecule has 144 valence electrons. The molecule has 2 N–H and O–H groups in total. The number of alkyl halides is 2. The number of hydrogen-bond donors (Lipinski definition) is 1. The van der Waals surface area contributed by atoms with Gasteiger partial charge in [0.05, 0.1) is 24.6 Å². The molecule has 2 aromatic rings. The van der Waals surface area contributed by atoms with Crippen molar-refractivity contribution in [3.63, 3.8) is 0 Å². The van der Waals surface area contributed by atoms with E-state index in [9.17, 15) is 18.0 Å². The highest BCUT2D eigenvalue weighted by atomic mass is 19.3. The van der Waals surface area contributed by atoms with Gasteiger partial charge in [-0.3, -0.25) is 9.78 Å². The van der Waals surface area contributed by atoms with Crippen LogP contribution in [0.2, 0.25) is 0 Å². The third-order valence-electron chi connectivity index (χ3n) is 4.65. The zero-order valence-electron chi connectivity index (χ0n) is 14.6. The highest BCUT2D eigenvalue weighted by Gasteiger charge is 2.36. The van der Waals surface area contributed by atoms with Gasteiger partial charge in [-0.1, -0.05) is 12.1 Å². The summed E-state index contributed by atoms with van der Waals surface area (Å²) in [6.07, 6.45) is 1.68.